The Labute approximate surface area is 226 Å². The lowest BCUT2D eigenvalue weighted by molar-refractivity contribution is 0.0815. The number of fused-ring (bicyclic) bond motifs is 1. The van der Waals surface area contributed by atoms with Gasteiger partial charge < -0.3 is 28.2 Å². The minimum atomic E-state index is -3.06. The Morgan fingerprint density at radius 2 is 1.61 bits per heavy atom. The summed E-state index contributed by atoms with van der Waals surface area (Å²) >= 11 is 0. The van der Waals surface area contributed by atoms with Crippen LogP contribution >= 0.6 is 7.60 Å². The van der Waals surface area contributed by atoms with Crippen LogP contribution < -0.4 is 9.47 Å². The van der Waals surface area contributed by atoms with Crippen molar-refractivity contribution in [1.82, 2.24) is 4.57 Å². The molecule has 0 saturated carbocycles. The fourth-order valence-corrected chi connectivity index (χ4v) is 6.69. The second kappa shape index (κ2) is 12.5. The van der Waals surface area contributed by atoms with Crippen molar-refractivity contribution in [2.24, 2.45) is 11.8 Å². The van der Waals surface area contributed by atoms with E-state index in [1.165, 1.54) is 25.3 Å². The van der Waals surface area contributed by atoms with E-state index in [0.717, 1.165) is 36.0 Å². The van der Waals surface area contributed by atoms with Crippen LogP contribution in [0.3, 0.4) is 0 Å². The van der Waals surface area contributed by atoms with Crippen LogP contribution in [-0.2, 0) is 39.4 Å². The molecule has 1 aromatic heterocycles. The molecule has 0 bridgehead atoms. The standard InChI is InChI=1S/C30H40NO6P/c1-21-28(34-2)17-26(18-29(21)35-3)30(32)27(16-23-14-24-8-6-7-9-25(24)15-23)20-31-12-10-22(19-31)11-13-38(33,36-4)37-5/h6-10,12,17-19,23,27,30,32H,11,13-16,20H2,1-5H3/t27-,30-/m1/s1. The van der Waals surface area contributed by atoms with E-state index >= 15 is 0 Å². The number of aliphatic hydroxyl groups excluding tert-OH is 1. The number of hydrogen-bond donors (Lipinski definition) is 1. The Morgan fingerprint density at radius 1 is 1.00 bits per heavy atom. The molecule has 8 heteroatoms. The van der Waals surface area contributed by atoms with Gasteiger partial charge in [-0.2, -0.15) is 0 Å². The monoisotopic (exact) mass is 541 g/mol. The third kappa shape index (κ3) is 6.52. The lowest BCUT2D eigenvalue weighted by Crippen LogP contribution is -2.22. The highest BCUT2D eigenvalue weighted by molar-refractivity contribution is 7.53. The predicted octanol–water partition coefficient (Wildman–Crippen LogP) is 6.00. The normalized spacial score (nSPS) is 15.3. The third-order valence-electron chi connectivity index (χ3n) is 7.82. The summed E-state index contributed by atoms with van der Waals surface area (Å²) in [5.41, 5.74) is 5.58. The molecule has 1 aliphatic rings. The zero-order valence-electron chi connectivity index (χ0n) is 23.1. The fourth-order valence-electron chi connectivity index (χ4n) is 5.64. The SMILES string of the molecule is COc1cc([C@@H](O)[C@H](CC2Cc3ccccc3C2)Cn2ccc(CCP(=O)(OC)OC)c2)cc(OC)c1C. The van der Waals surface area contributed by atoms with Crippen LogP contribution in [0.2, 0.25) is 0 Å². The molecule has 206 valence electrons. The van der Waals surface area contributed by atoms with Gasteiger partial charge in [-0.25, -0.2) is 0 Å². The molecule has 0 radical (unpaired) electrons. The Bertz CT molecular complexity index is 1210. The Balaban J connectivity index is 1.56. The summed E-state index contributed by atoms with van der Waals surface area (Å²) in [6, 6.07) is 14.5. The summed E-state index contributed by atoms with van der Waals surface area (Å²) in [5.74, 6) is 1.84. The van der Waals surface area contributed by atoms with Crippen LogP contribution in [-0.4, -0.2) is 44.3 Å². The van der Waals surface area contributed by atoms with Crippen molar-refractivity contribution >= 4 is 7.60 Å². The van der Waals surface area contributed by atoms with Gasteiger partial charge in [-0.3, -0.25) is 4.57 Å². The summed E-state index contributed by atoms with van der Waals surface area (Å²) in [6.07, 6.45) is 7.23. The van der Waals surface area contributed by atoms with Crippen molar-refractivity contribution in [3.63, 3.8) is 0 Å². The lowest BCUT2D eigenvalue weighted by atomic mass is 9.85. The first-order valence-electron chi connectivity index (χ1n) is 13.1. The van der Waals surface area contributed by atoms with Gasteiger partial charge in [0.25, 0.3) is 0 Å². The van der Waals surface area contributed by atoms with Gasteiger partial charge in [0.15, 0.2) is 0 Å². The fraction of sp³-hybridized carbons (Fsp3) is 0.467. The first-order chi connectivity index (χ1) is 18.3. The molecule has 7 nitrogen and oxygen atoms in total. The lowest BCUT2D eigenvalue weighted by Gasteiger charge is -2.27. The largest absolute Gasteiger partial charge is 0.496 e. The minimum absolute atomic E-state index is 0.0317. The summed E-state index contributed by atoms with van der Waals surface area (Å²) in [5, 5.41) is 11.7. The highest BCUT2D eigenvalue weighted by Crippen LogP contribution is 2.46. The maximum absolute atomic E-state index is 12.5. The second-order valence-corrected chi connectivity index (χ2v) is 12.6. The average molecular weight is 542 g/mol. The second-order valence-electron chi connectivity index (χ2n) is 10.2. The van der Waals surface area contributed by atoms with Crippen molar-refractivity contribution in [2.75, 3.05) is 34.6 Å². The van der Waals surface area contributed by atoms with Gasteiger partial charge in [-0.05, 0) is 79.0 Å². The first-order valence-corrected chi connectivity index (χ1v) is 14.8. The molecule has 0 saturated heterocycles. The van der Waals surface area contributed by atoms with Crippen molar-refractivity contribution in [1.29, 1.82) is 0 Å². The van der Waals surface area contributed by atoms with E-state index < -0.39 is 13.7 Å². The van der Waals surface area contributed by atoms with Crippen LogP contribution in [0, 0.1) is 18.8 Å². The zero-order valence-corrected chi connectivity index (χ0v) is 23.9. The van der Waals surface area contributed by atoms with Gasteiger partial charge in [0, 0.05) is 44.6 Å². The molecule has 2 atom stereocenters. The summed E-state index contributed by atoms with van der Waals surface area (Å²) in [4.78, 5) is 0. The van der Waals surface area contributed by atoms with E-state index in [1.54, 1.807) is 14.2 Å². The number of rotatable bonds is 13. The van der Waals surface area contributed by atoms with Crippen LogP contribution in [0.15, 0.2) is 54.9 Å². The summed E-state index contributed by atoms with van der Waals surface area (Å²) in [6.45, 7) is 2.60. The quantitative estimate of drug-likeness (QED) is 0.268. The molecule has 0 unspecified atom stereocenters. The first kappa shape index (κ1) is 28.4. The smallest absolute Gasteiger partial charge is 0.330 e. The maximum Gasteiger partial charge on any atom is 0.330 e. The van der Waals surface area contributed by atoms with Crippen LogP contribution in [0.25, 0.3) is 0 Å². The number of hydrogen-bond acceptors (Lipinski definition) is 6. The van der Waals surface area contributed by atoms with Crippen LogP contribution in [0.5, 0.6) is 11.5 Å². The van der Waals surface area contributed by atoms with Crippen molar-refractivity contribution in [3.05, 3.63) is 82.7 Å². The zero-order chi connectivity index (χ0) is 27.3. The van der Waals surface area contributed by atoms with Gasteiger partial charge in [-0.15, -0.1) is 0 Å². The molecule has 3 aromatic rings. The van der Waals surface area contributed by atoms with E-state index in [-0.39, 0.29) is 5.92 Å². The van der Waals surface area contributed by atoms with Gasteiger partial charge in [0.1, 0.15) is 11.5 Å². The van der Waals surface area contributed by atoms with Crippen molar-refractivity contribution < 1.29 is 28.2 Å². The van der Waals surface area contributed by atoms with E-state index in [2.05, 4.69) is 35.0 Å². The van der Waals surface area contributed by atoms with Gasteiger partial charge in [0.05, 0.1) is 26.5 Å². The average Bonchev–Trinajstić information content (AvgIpc) is 3.57. The number of aliphatic hydroxyl groups is 1. The maximum atomic E-state index is 12.5. The Kier molecular flexibility index (Phi) is 9.37. The number of nitrogens with zero attached hydrogens (tertiary/aromatic N) is 1. The molecule has 0 spiro atoms. The third-order valence-corrected chi connectivity index (χ3v) is 9.71. The Morgan fingerprint density at radius 3 is 2.16 bits per heavy atom. The molecule has 0 aliphatic heterocycles. The predicted molar refractivity (Wildman–Crippen MR) is 149 cm³/mol. The van der Waals surface area contributed by atoms with Crippen molar-refractivity contribution in [2.45, 2.75) is 45.3 Å². The molecule has 38 heavy (non-hydrogen) atoms. The minimum Gasteiger partial charge on any atom is -0.496 e. The van der Waals surface area contributed by atoms with Gasteiger partial charge >= 0.3 is 7.60 Å². The number of aryl methyl sites for hydroxylation is 1. The molecule has 2 aromatic carbocycles. The molecule has 1 heterocycles. The Hall–Kier alpha value is -2.57. The number of benzene rings is 2. The number of aromatic nitrogens is 1. The molecular formula is C30H40NO6P. The van der Waals surface area contributed by atoms with Crippen molar-refractivity contribution in [3.8, 4) is 11.5 Å². The van der Waals surface area contributed by atoms with E-state index in [4.69, 9.17) is 18.5 Å². The van der Waals surface area contributed by atoms with Crippen LogP contribution in [0.1, 0.15) is 40.3 Å². The van der Waals surface area contributed by atoms with Gasteiger partial charge in [-0.1, -0.05) is 24.3 Å². The molecular weight excluding hydrogens is 501 g/mol. The van der Waals surface area contributed by atoms with Gasteiger partial charge in [0.2, 0.25) is 0 Å². The molecule has 0 amide bonds. The number of methoxy groups -OCH3 is 2. The highest BCUT2D eigenvalue weighted by atomic mass is 31.2. The molecule has 1 N–H and O–H groups in total. The summed E-state index contributed by atoms with van der Waals surface area (Å²) < 4.78 is 35.9. The summed E-state index contributed by atoms with van der Waals surface area (Å²) in [7, 11) is 3.04. The molecule has 1 aliphatic carbocycles. The molecule has 0 fully saturated rings. The topological polar surface area (TPSA) is 79.2 Å². The molecule has 4 rings (SSSR count). The van der Waals surface area contributed by atoms with E-state index in [0.29, 0.717) is 36.5 Å². The highest BCUT2D eigenvalue weighted by Gasteiger charge is 2.30. The number of ether oxygens (including phenoxy) is 2. The van der Waals surface area contributed by atoms with E-state index in [9.17, 15) is 9.67 Å². The van der Waals surface area contributed by atoms with E-state index in [1.807, 2.05) is 31.3 Å². The van der Waals surface area contributed by atoms with Crippen LogP contribution in [0.4, 0.5) is 0 Å².